The third-order valence-electron chi connectivity index (χ3n) is 7.66. The summed E-state index contributed by atoms with van der Waals surface area (Å²) in [6.45, 7) is 0. The number of carbonyl (C=O) groups excluding carboxylic acids is 2. The molecule has 214 valence electrons. The molecule has 11 heteroatoms. The minimum absolute atomic E-state index is 0.211. The van der Waals surface area contributed by atoms with Gasteiger partial charge in [-0.25, -0.2) is 13.2 Å². The first-order chi connectivity index (χ1) is 19.5. The zero-order valence-corrected chi connectivity index (χ0v) is 21.6. The molecule has 2 bridgehead atoms. The molecule has 0 radical (unpaired) electrons. The number of anilines is 1. The van der Waals surface area contributed by atoms with Crippen molar-refractivity contribution in [2.24, 2.45) is 17.8 Å². The van der Waals surface area contributed by atoms with Gasteiger partial charge < -0.3 is 15.4 Å². The van der Waals surface area contributed by atoms with Crippen molar-refractivity contribution in [1.29, 1.82) is 0 Å². The molecule has 4 atom stereocenters. The second kappa shape index (κ2) is 10.9. The summed E-state index contributed by atoms with van der Waals surface area (Å²) in [5.41, 5.74) is -0.318. The lowest BCUT2D eigenvalue weighted by Crippen LogP contribution is -2.48. The van der Waals surface area contributed by atoms with Crippen LogP contribution in [0.3, 0.4) is 0 Å². The zero-order valence-electron chi connectivity index (χ0n) is 21.6. The Balaban J connectivity index is 1.49. The molecule has 2 unspecified atom stereocenters. The summed E-state index contributed by atoms with van der Waals surface area (Å²) in [7, 11) is 1.19. The van der Waals surface area contributed by atoms with Crippen LogP contribution in [0.15, 0.2) is 66.2 Å². The number of nitrogens with one attached hydrogen (secondary N) is 2. The van der Waals surface area contributed by atoms with E-state index in [2.05, 4.69) is 10.6 Å². The van der Waals surface area contributed by atoms with E-state index in [-0.39, 0.29) is 28.8 Å². The number of hydrogen-bond acceptors (Lipinski definition) is 3. The smallest absolute Gasteiger partial charge is 0.419 e. The highest BCUT2D eigenvalue weighted by Crippen LogP contribution is 2.53. The normalized spacial score (nSPS) is 22.6. The van der Waals surface area contributed by atoms with Crippen molar-refractivity contribution >= 4 is 23.6 Å². The van der Waals surface area contributed by atoms with E-state index in [1.807, 2.05) is 36.4 Å². The lowest BCUT2D eigenvalue weighted by molar-refractivity contribution is -0.140. The molecule has 2 saturated carbocycles. The molecule has 5 nitrogen and oxygen atoms in total. The molecule has 2 aliphatic carbocycles. The molecule has 3 aromatic rings. The van der Waals surface area contributed by atoms with E-state index in [1.165, 1.54) is 7.11 Å². The fourth-order valence-corrected chi connectivity index (χ4v) is 5.88. The molecule has 41 heavy (non-hydrogen) atoms. The Labute approximate surface area is 231 Å². The van der Waals surface area contributed by atoms with Crippen LogP contribution in [0.25, 0.3) is 6.08 Å². The van der Waals surface area contributed by atoms with Gasteiger partial charge in [-0.3, -0.25) is 9.59 Å². The quantitative estimate of drug-likeness (QED) is 0.326. The van der Waals surface area contributed by atoms with Crippen LogP contribution in [-0.2, 0) is 11.0 Å². The minimum atomic E-state index is -4.97. The number of hydrogen-bond donors (Lipinski definition) is 2. The number of benzene rings is 3. The topological polar surface area (TPSA) is 67.4 Å². The SMILES string of the molecule is COc1cc(F)c(F)cc1C(=O)N[C@@H]1C2CCC(/C2=C/c2ccccc2)[C@@H]1C(=O)Nc1ccc(F)c(C(F)(F)F)c1. The molecular formula is C30H24F6N2O3. The first kappa shape index (κ1) is 28.3. The van der Waals surface area contributed by atoms with Crippen molar-refractivity contribution in [2.75, 3.05) is 12.4 Å². The lowest BCUT2D eigenvalue weighted by atomic mass is 9.83. The standard InChI is InChI=1S/C30H24F6N2O3/c1-41-25-14-24(33)23(32)13-20(25)28(39)38-27-18-9-8-17(19(18)11-15-5-3-2-4-6-15)26(27)29(40)37-16-7-10-22(31)21(12-16)30(34,35)36/h2-7,10-14,17-18,26-27H,8-9H2,1H3,(H,37,40)(H,38,39)/b19-11-/t17?,18?,26-,27+/m0/s1. The summed E-state index contributed by atoms with van der Waals surface area (Å²) in [5.74, 6) is -7.22. The minimum Gasteiger partial charge on any atom is -0.496 e. The molecule has 0 aromatic heterocycles. The Hall–Kier alpha value is -4.28. The first-order valence-corrected chi connectivity index (χ1v) is 12.8. The molecule has 5 rings (SSSR count). The van der Waals surface area contributed by atoms with Gasteiger partial charge >= 0.3 is 6.18 Å². The number of amides is 2. The molecule has 0 saturated heterocycles. The highest BCUT2D eigenvalue weighted by atomic mass is 19.4. The van der Waals surface area contributed by atoms with Gasteiger partial charge in [-0.05, 0) is 48.6 Å². The number of rotatable bonds is 6. The summed E-state index contributed by atoms with van der Waals surface area (Å²) >= 11 is 0. The van der Waals surface area contributed by atoms with Gasteiger partial charge in [-0.15, -0.1) is 0 Å². The fraction of sp³-hybridized carbons (Fsp3) is 0.267. The van der Waals surface area contributed by atoms with Gasteiger partial charge in [-0.2, -0.15) is 13.2 Å². The maximum Gasteiger partial charge on any atom is 0.419 e. The lowest BCUT2D eigenvalue weighted by Gasteiger charge is -2.30. The van der Waals surface area contributed by atoms with Crippen molar-refractivity contribution < 1.29 is 40.7 Å². The highest BCUT2D eigenvalue weighted by Gasteiger charge is 2.54. The van der Waals surface area contributed by atoms with Crippen molar-refractivity contribution in [3.05, 3.63) is 100 Å². The van der Waals surface area contributed by atoms with Crippen LogP contribution in [-0.4, -0.2) is 25.0 Å². The van der Waals surface area contributed by atoms with E-state index in [9.17, 15) is 35.9 Å². The van der Waals surface area contributed by atoms with Gasteiger partial charge in [0.15, 0.2) is 11.6 Å². The van der Waals surface area contributed by atoms with Crippen LogP contribution >= 0.6 is 0 Å². The summed E-state index contributed by atoms with van der Waals surface area (Å²) in [4.78, 5) is 26.9. The van der Waals surface area contributed by atoms with E-state index >= 15 is 0 Å². The zero-order chi connectivity index (χ0) is 29.5. The summed E-state index contributed by atoms with van der Waals surface area (Å²) in [5, 5.41) is 5.23. The third-order valence-corrected chi connectivity index (χ3v) is 7.66. The van der Waals surface area contributed by atoms with Gasteiger partial charge in [-0.1, -0.05) is 42.0 Å². The Morgan fingerprint density at radius 3 is 2.27 bits per heavy atom. The molecule has 2 amide bonds. The van der Waals surface area contributed by atoms with Crippen LogP contribution in [0.4, 0.5) is 32.0 Å². The van der Waals surface area contributed by atoms with Crippen molar-refractivity contribution in [3.63, 3.8) is 0 Å². The largest absolute Gasteiger partial charge is 0.496 e. The van der Waals surface area contributed by atoms with Crippen LogP contribution in [0.5, 0.6) is 5.75 Å². The molecule has 2 aliphatic rings. The van der Waals surface area contributed by atoms with Crippen molar-refractivity contribution in [3.8, 4) is 5.75 Å². The van der Waals surface area contributed by atoms with Crippen LogP contribution < -0.4 is 15.4 Å². The van der Waals surface area contributed by atoms with Gasteiger partial charge in [0, 0.05) is 23.7 Å². The molecule has 2 N–H and O–H groups in total. The Bertz CT molecular complexity index is 1520. The molecule has 2 fully saturated rings. The fourth-order valence-electron chi connectivity index (χ4n) is 5.88. The monoisotopic (exact) mass is 574 g/mol. The van der Waals surface area contributed by atoms with Gasteiger partial charge in [0.25, 0.3) is 5.91 Å². The number of carbonyl (C=O) groups is 2. The van der Waals surface area contributed by atoms with Crippen molar-refractivity contribution in [1.82, 2.24) is 5.32 Å². The predicted molar refractivity (Wildman–Crippen MR) is 138 cm³/mol. The summed E-state index contributed by atoms with van der Waals surface area (Å²) in [6, 6.07) is 12.0. The van der Waals surface area contributed by atoms with Crippen LogP contribution in [0.2, 0.25) is 0 Å². The number of ether oxygens (including phenoxy) is 1. The molecular weight excluding hydrogens is 550 g/mol. The summed E-state index contributed by atoms with van der Waals surface area (Å²) in [6.07, 6.45) is -1.85. The van der Waals surface area contributed by atoms with E-state index in [4.69, 9.17) is 4.74 Å². The van der Waals surface area contributed by atoms with Gasteiger partial charge in [0.2, 0.25) is 5.91 Å². The average Bonchev–Trinajstić information content (AvgIpc) is 3.45. The Morgan fingerprint density at radius 1 is 0.902 bits per heavy atom. The second-order valence-corrected chi connectivity index (χ2v) is 10.0. The van der Waals surface area contributed by atoms with Gasteiger partial charge in [0.1, 0.15) is 11.6 Å². The number of methoxy groups -OCH3 is 1. The molecule has 3 aromatic carbocycles. The van der Waals surface area contributed by atoms with E-state index in [0.29, 0.717) is 31.0 Å². The Morgan fingerprint density at radius 2 is 1.59 bits per heavy atom. The highest BCUT2D eigenvalue weighted by molar-refractivity contribution is 5.99. The number of fused-ring (bicyclic) bond motifs is 2. The number of halogens is 6. The molecule has 0 heterocycles. The molecule has 0 aliphatic heterocycles. The van der Waals surface area contributed by atoms with Crippen molar-refractivity contribution in [2.45, 2.75) is 25.1 Å². The van der Waals surface area contributed by atoms with E-state index < -0.39 is 53.0 Å². The van der Waals surface area contributed by atoms with E-state index in [0.717, 1.165) is 23.3 Å². The maximum absolute atomic E-state index is 14.0. The third kappa shape index (κ3) is 5.53. The Kier molecular flexibility index (Phi) is 7.54. The second-order valence-electron chi connectivity index (χ2n) is 10.0. The molecule has 0 spiro atoms. The average molecular weight is 575 g/mol. The number of alkyl halides is 3. The summed E-state index contributed by atoms with van der Waals surface area (Å²) < 4.78 is 86.4. The predicted octanol–water partition coefficient (Wildman–Crippen LogP) is 6.61. The van der Waals surface area contributed by atoms with Crippen LogP contribution in [0.1, 0.15) is 34.3 Å². The van der Waals surface area contributed by atoms with E-state index in [1.54, 1.807) is 0 Å². The van der Waals surface area contributed by atoms with Crippen LogP contribution in [0, 0.1) is 35.2 Å². The first-order valence-electron chi connectivity index (χ1n) is 12.8. The maximum atomic E-state index is 14.0. The van der Waals surface area contributed by atoms with Gasteiger partial charge in [0.05, 0.1) is 24.2 Å².